The van der Waals surface area contributed by atoms with Gasteiger partial charge in [0.15, 0.2) is 5.82 Å². The molecule has 160 valence electrons. The lowest BCUT2D eigenvalue weighted by Crippen LogP contribution is -2.41. The lowest BCUT2D eigenvalue weighted by Gasteiger charge is -2.39. The molecule has 4 N–H and O–H groups in total. The van der Waals surface area contributed by atoms with Gasteiger partial charge in [0.25, 0.3) is 5.91 Å². The molecular weight excluding hydrogens is 392 g/mol. The van der Waals surface area contributed by atoms with E-state index in [4.69, 9.17) is 10.2 Å². The summed E-state index contributed by atoms with van der Waals surface area (Å²) < 4.78 is 7.22. The van der Waals surface area contributed by atoms with Gasteiger partial charge in [0, 0.05) is 30.5 Å². The smallest absolute Gasteiger partial charge is 0.254 e. The van der Waals surface area contributed by atoms with Gasteiger partial charge in [-0.1, -0.05) is 0 Å². The number of primary amides is 1. The molecule has 0 radical (unpaired) electrons. The number of hydrogen-bond donors (Lipinski definition) is 3. The van der Waals surface area contributed by atoms with Crippen molar-refractivity contribution in [1.29, 1.82) is 5.26 Å². The van der Waals surface area contributed by atoms with Crippen LogP contribution in [-0.2, 0) is 5.54 Å². The Hall–Kier alpha value is -3.73. The predicted octanol–water partition coefficient (Wildman–Crippen LogP) is 3.95. The fourth-order valence-electron chi connectivity index (χ4n) is 4.32. The van der Waals surface area contributed by atoms with Gasteiger partial charge in [0.05, 0.1) is 24.3 Å². The largest absolute Gasteiger partial charge is 0.464 e. The Bertz CT molecular complexity index is 1070. The number of furan rings is 1. The van der Waals surface area contributed by atoms with E-state index in [1.807, 2.05) is 24.3 Å². The average Bonchev–Trinajstić information content (AvgIpc) is 3.46. The molecule has 1 aromatic carbocycles. The van der Waals surface area contributed by atoms with E-state index >= 15 is 0 Å². The zero-order chi connectivity index (χ0) is 21.8. The van der Waals surface area contributed by atoms with Crippen molar-refractivity contribution in [3.05, 3.63) is 54.4 Å². The highest BCUT2D eigenvalue weighted by molar-refractivity contribution is 5.97. The molecule has 1 aliphatic carbocycles. The Morgan fingerprint density at radius 3 is 2.61 bits per heavy atom. The Balaban J connectivity index is 1.45. The highest BCUT2D eigenvalue weighted by atomic mass is 16.3. The minimum atomic E-state index is -0.531. The number of amides is 1. The Labute approximate surface area is 181 Å². The van der Waals surface area contributed by atoms with Crippen molar-refractivity contribution in [2.75, 3.05) is 17.7 Å². The average molecular weight is 419 g/mol. The van der Waals surface area contributed by atoms with Gasteiger partial charge in [-0.25, -0.2) is 0 Å². The van der Waals surface area contributed by atoms with E-state index in [2.05, 4.69) is 33.9 Å². The molecule has 0 aliphatic heterocycles. The van der Waals surface area contributed by atoms with Crippen LogP contribution in [0.1, 0.15) is 42.5 Å². The number of hydrogen-bond acceptors (Lipinski definition) is 6. The van der Waals surface area contributed by atoms with Crippen molar-refractivity contribution in [1.82, 2.24) is 9.78 Å². The summed E-state index contributed by atoms with van der Waals surface area (Å²) in [4.78, 5) is 11.7. The zero-order valence-corrected chi connectivity index (χ0v) is 17.5. The highest BCUT2D eigenvalue weighted by Gasteiger charge is 2.38. The molecule has 1 fully saturated rings. The lowest BCUT2D eigenvalue weighted by molar-refractivity contribution is 0.1000. The second-order valence-corrected chi connectivity index (χ2v) is 7.98. The van der Waals surface area contributed by atoms with Gasteiger partial charge in [-0.2, -0.15) is 10.4 Å². The van der Waals surface area contributed by atoms with Crippen LogP contribution < -0.4 is 16.4 Å². The molecule has 2 heterocycles. The van der Waals surface area contributed by atoms with Crippen molar-refractivity contribution < 1.29 is 9.21 Å². The van der Waals surface area contributed by atoms with Crippen molar-refractivity contribution in [2.24, 2.45) is 5.73 Å². The topological polar surface area (TPSA) is 122 Å². The van der Waals surface area contributed by atoms with Gasteiger partial charge in [-0.15, -0.1) is 0 Å². The number of nitrogens with one attached hydrogen (secondary N) is 2. The molecule has 2 aromatic heterocycles. The zero-order valence-electron chi connectivity index (χ0n) is 17.5. The number of nitrogens with zero attached hydrogens (tertiary/aromatic N) is 3. The Morgan fingerprint density at radius 2 is 2.06 bits per heavy atom. The maximum absolute atomic E-state index is 11.7. The number of aromatic nitrogens is 2. The summed E-state index contributed by atoms with van der Waals surface area (Å²) in [5, 5.41) is 20.5. The molecule has 0 bridgehead atoms. The summed E-state index contributed by atoms with van der Waals surface area (Å²) in [6.45, 7) is 0. The van der Waals surface area contributed by atoms with Crippen LogP contribution >= 0.6 is 0 Å². The van der Waals surface area contributed by atoms with Crippen molar-refractivity contribution >= 4 is 17.4 Å². The minimum Gasteiger partial charge on any atom is -0.464 e. The summed E-state index contributed by atoms with van der Waals surface area (Å²) in [6.07, 6.45) is 7.03. The summed E-state index contributed by atoms with van der Waals surface area (Å²) in [5.41, 5.74) is 7.49. The van der Waals surface area contributed by atoms with Crippen molar-refractivity contribution in [3.8, 4) is 17.4 Å². The van der Waals surface area contributed by atoms with Gasteiger partial charge in [0.1, 0.15) is 11.3 Å². The number of nitriles is 1. The van der Waals surface area contributed by atoms with E-state index in [1.54, 1.807) is 24.2 Å². The van der Waals surface area contributed by atoms with Crippen LogP contribution in [0.4, 0.5) is 11.5 Å². The molecule has 0 unspecified atom stereocenters. The number of nitrogens with two attached hydrogens (primary N) is 1. The number of carbonyl (C=O) groups is 1. The normalized spacial score (nSPS) is 20.7. The van der Waals surface area contributed by atoms with Crippen LogP contribution in [0.5, 0.6) is 0 Å². The third-order valence-corrected chi connectivity index (χ3v) is 6.09. The fraction of sp³-hybridized carbons (Fsp3) is 0.348. The first kappa shape index (κ1) is 20.5. The third-order valence-electron chi connectivity index (χ3n) is 6.09. The van der Waals surface area contributed by atoms with E-state index in [-0.39, 0.29) is 0 Å². The molecule has 0 saturated heterocycles. The van der Waals surface area contributed by atoms with Crippen molar-refractivity contribution in [2.45, 2.75) is 43.7 Å². The highest BCUT2D eigenvalue weighted by Crippen LogP contribution is 2.39. The first-order valence-electron chi connectivity index (χ1n) is 10.4. The molecule has 0 atom stereocenters. The summed E-state index contributed by atoms with van der Waals surface area (Å²) in [7, 11) is 1.70. The van der Waals surface area contributed by atoms with E-state index in [0.29, 0.717) is 23.8 Å². The van der Waals surface area contributed by atoms with Crippen LogP contribution in [0.15, 0.2) is 53.3 Å². The van der Waals surface area contributed by atoms with Crippen LogP contribution in [0.3, 0.4) is 0 Å². The maximum atomic E-state index is 11.7. The molecule has 1 aliphatic rings. The van der Waals surface area contributed by atoms with E-state index in [9.17, 15) is 10.1 Å². The molecule has 31 heavy (non-hydrogen) atoms. The predicted molar refractivity (Wildman–Crippen MR) is 119 cm³/mol. The van der Waals surface area contributed by atoms with Gasteiger partial charge in [-0.05, 0) is 62.1 Å². The van der Waals surface area contributed by atoms with E-state index in [0.717, 1.165) is 42.7 Å². The van der Waals surface area contributed by atoms with E-state index < -0.39 is 11.4 Å². The van der Waals surface area contributed by atoms with Crippen LogP contribution in [0, 0.1) is 11.3 Å². The van der Waals surface area contributed by atoms with Crippen LogP contribution in [0.2, 0.25) is 0 Å². The Morgan fingerprint density at radius 1 is 1.32 bits per heavy atom. The molecule has 3 aromatic rings. The van der Waals surface area contributed by atoms with Crippen molar-refractivity contribution in [3.63, 3.8) is 0 Å². The monoisotopic (exact) mass is 418 g/mol. The molecular formula is C23H26N6O2. The third kappa shape index (κ3) is 4.12. The second-order valence-electron chi connectivity index (χ2n) is 7.98. The molecule has 4 rings (SSSR count). The molecule has 1 saturated carbocycles. The molecule has 0 spiro atoms. The number of carbonyl (C=O) groups excluding carboxylic acids is 1. The lowest BCUT2D eigenvalue weighted by atomic mass is 9.77. The quantitative estimate of drug-likeness (QED) is 0.534. The summed E-state index contributed by atoms with van der Waals surface area (Å²) >= 11 is 0. The molecule has 8 heteroatoms. The van der Waals surface area contributed by atoms with Gasteiger partial charge in [-0.3, -0.25) is 9.48 Å². The van der Waals surface area contributed by atoms with Crippen LogP contribution in [-0.4, -0.2) is 28.8 Å². The SMILES string of the molecule is CNc1nn(C2(CC#N)CCC(Nc3ccc(-c4ccco4)cc3)CC2)cc1C(N)=O. The van der Waals surface area contributed by atoms with E-state index in [1.165, 1.54) is 0 Å². The minimum absolute atomic E-state index is 0.302. The first-order valence-corrected chi connectivity index (χ1v) is 10.4. The first-order chi connectivity index (χ1) is 15.0. The van der Waals surface area contributed by atoms with Gasteiger partial charge < -0.3 is 20.8 Å². The molecule has 8 nitrogen and oxygen atoms in total. The number of benzene rings is 1. The fourth-order valence-corrected chi connectivity index (χ4v) is 4.32. The Kier molecular flexibility index (Phi) is 5.67. The van der Waals surface area contributed by atoms with Crippen LogP contribution in [0.25, 0.3) is 11.3 Å². The number of rotatable bonds is 7. The summed E-state index contributed by atoms with van der Waals surface area (Å²) in [5.74, 6) is 0.763. The number of anilines is 2. The molecule has 1 amide bonds. The second kappa shape index (κ2) is 8.56. The standard InChI is InChI=1S/C23H26N6O2/c1-26-22-19(21(25)30)15-29(28-22)23(12-13-24)10-8-18(9-11-23)27-17-6-4-16(5-7-17)20-3-2-14-31-20/h2-7,14-15,18,27H,8-12H2,1H3,(H2,25,30)(H,26,28). The van der Waals surface area contributed by atoms with Gasteiger partial charge in [0.2, 0.25) is 0 Å². The maximum Gasteiger partial charge on any atom is 0.254 e. The van der Waals surface area contributed by atoms with Gasteiger partial charge >= 0.3 is 0 Å². The summed E-state index contributed by atoms with van der Waals surface area (Å²) in [6, 6.07) is 14.6.